The average molecular weight is 371 g/mol. The molecule has 2 aromatic rings. The first-order valence-electron chi connectivity index (χ1n) is 8.57. The zero-order valence-electron chi connectivity index (χ0n) is 15.2. The number of rotatable bonds is 6. The van der Waals surface area contributed by atoms with Crippen LogP contribution < -0.4 is 19.5 Å². The molecule has 0 aliphatic carbocycles. The predicted octanol–water partition coefficient (Wildman–Crippen LogP) is 2.58. The Bertz CT molecular complexity index is 864. The van der Waals surface area contributed by atoms with E-state index < -0.39 is 11.9 Å². The van der Waals surface area contributed by atoms with Gasteiger partial charge in [0.25, 0.3) is 0 Å². The number of carbonyl (C=O) groups is 2. The SMILES string of the molecule is COc1ccc(CNC(=O)[C@H](C)c2ccc3c(c2)OCCO3)cc1C(=O)O. The lowest BCUT2D eigenvalue weighted by Crippen LogP contribution is -2.27. The summed E-state index contributed by atoms with van der Waals surface area (Å²) in [6, 6.07) is 10.3. The average Bonchev–Trinajstić information content (AvgIpc) is 2.70. The van der Waals surface area contributed by atoms with Gasteiger partial charge >= 0.3 is 5.97 Å². The Hall–Kier alpha value is -3.22. The highest BCUT2D eigenvalue weighted by Crippen LogP contribution is 2.33. The van der Waals surface area contributed by atoms with Crippen LogP contribution in [0.2, 0.25) is 0 Å². The molecule has 0 radical (unpaired) electrons. The first kappa shape index (κ1) is 18.6. The van der Waals surface area contributed by atoms with Gasteiger partial charge in [-0.05, 0) is 42.3 Å². The van der Waals surface area contributed by atoms with Crippen LogP contribution in [0.5, 0.6) is 17.2 Å². The summed E-state index contributed by atoms with van der Waals surface area (Å²) in [4.78, 5) is 23.8. The Labute approximate surface area is 156 Å². The molecule has 7 nitrogen and oxygen atoms in total. The highest BCUT2D eigenvalue weighted by Gasteiger charge is 2.19. The second-order valence-corrected chi connectivity index (χ2v) is 6.18. The van der Waals surface area contributed by atoms with Crippen molar-refractivity contribution in [3.63, 3.8) is 0 Å². The van der Waals surface area contributed by atoms with E-state index in [2.05, 4.69) is 5.32 Å². The third kappa shape index (κ3) is 4.13. The topological polar surface area (TPSA) is 94.1 Å². The molecule has 0 unspecified atom stereocenters. The maximum absolute atomic E-state index is 12.5. The van der Waals surface area contributed by atoms with Crippen molar-refractivity contribution in [1.82, 2.24) is 5.32 Å². The molecule has 1 aliphatic rings. The maximum Gasteiger partial charge on any atom is 0.339 e. The third-order valence-corrected chi connectivity index (χ3v) is 4.42. The van der Waals surface area contributed by atoms with Crippen molar-refractivity contribution in [1.29, 1.82) is 0 Å². The van der Waals surface area contributed by atoms with E-state index in [1.54, 1.807) is 25.1 Å². The van der Waals surface area contributed by atoms with Gasteiger partial charge in [0.15, 0.2) is 11.5 Å². The maximum atomic E-state index is 12.5. The smallest absolute Gasteiger partial charge is 0.339 e. The quantitative estimate of drug-likeness (QED) is 0.811. The molecule has 27 heavy (non-hydrogen) atoms. The molecule has 0 fully saturated rings. The van der Waals surface area contributed by atoms with Crippen LogP contribution in [-0.4, -0.2) is 37.3 Å². The molecule has 0 spiro atoms. The minimum atomic E-state index is -1.08. The van der Waals surface area contributed by atoms with Crippen molar-refractivity contribution in [3.05, 3.63) is 53.1 Å². The molecule has 2 N–H and O–H groups in total. The number of carbonyl (C=O) groups excluding carboxylic acids is 1. The number of hydrogen-bond donors (Lipinski definition) is 2. The van der Waals surface area contributed by atoms with Crippen LogP contribution in [0.1, 0.15) is 34.3 Å². The third-order valence-electron chi connectivity index (χ3n) is 4.42. The summed E-state index contributed by atoms with van der Waals surface area (Å²) in [5.74, 6) is -0.0408. The van der Waals surface area contributed by atoms with E-state index in [4.69, 9.17) is 14.2 Å². The largest absolute Gasteiger partial charge is 0.496 e. The number of benzene rings is 2. The molecular formula is C20H21NO6. The van der Waals surface area contributed by atoms with Gasteiger partial charge in [-0.2, -0.15) is 0 Å². The van der Waals surface area contributed by atoms with E-state index in [-0.39, 0.29) is 23.8 Å². The molecule has 0 saturated carbocycles. The number of amides is 1. The fraction of sp³-hybridized carbons (Fsp3) is 0.300. The molecule has 0 saturated heterocycles. The number of fused-ring (bicyclic) bond motifs is 1. The van der Waals surface area contributed by atoms with Gasteiger partial charge in [-0.15, -0.1) is 0 Å². The first-order chi connectivity index (χ1) is 13.0. The molecule has 1 atom stereocenters. The lowest BCUT2D eigenvalue weighted by molar-refractivity contribution is -0.122. The second kappa shape index (κ2) is 7.99. The van der Waals surface area contributed by atoms with Gasteiger partial charge in [0, 0.05) is 6.54 Å². The van der Waals surface area contributed by atoms with Gasteiger partial charge in [-0.1, -0.05) is 12.1 Å². The number of carboxylic acid groups (broad SMARTS) is 1. The van der Waals surface area contributed by atoms with Crippen LogP contribution in [0.4, 0.5) is 0 Å². The fourth-order valence-electron chi connectivity index (χ4n) is 2.86. The van der Waals surface area contributed by atoms with Gasteiger partial charge in [0.1, 0.15) is 24.5 Å². The summed E-state index contributed by atoms with van der Waals surface area (Å²) in [7, 11) is 1.41. The molecule has 2 aromatic carbocycles. The van der Waals surface area contributed by atoms with Gasteiger partial charge in [-0.3, -0.25) is 4.79 Å². The Balaban J connectivity index is 1.67. The Morgan fingerprint density at radius 3 is 2.59 bits per heavy atom. The summed E-state index contributed by atoms with van der Waals surface area (Å²) < 4.78 is 16.1. The Morgan fingerprint density at radius 2 is 1.89 bits per heavy atom. The van der Waals surface area contributed by atoms with E-state index in [9.17, 15) is 14.7 Å². The number of nitrogens with one attached hydrogen (secondary N) is 1. The number of aromatic carboxylic acids is 1. The van der Waals surface area contributed by atoms with E-state index in [1.165, 1.54) is 13.2 Å². The Kier molecular flexibility index (Phi) is 5.49. The number of methoxy groups -OCH3 is 1. The summed E-state index contributed by atoms with van der Waals surface area (Å²) in [6.07, 6.45) is 0. The van der Waals surface area contributed by atoms with Gasteiger partial charge in [0.05, 0.1) is 13.0 Å². The standard InChI is InChI=1S/C20H21NO6/c1-12(14-4-6-17-18(10-14)27-8-7-26-17)19(22)21-11-13-3-5-16(25-2)15(9-13)20(23)24/h3-6,9-10,12H,7-8,11H2,1-2H3,(H,21,22)(H,23,24)/t12-/m1/s1. The zero-order chi connectivity index (χ0) is 19.4. The second-order valence-electron chi connectivity index (χ2n) is 6.18. The van der Waals surface area contributed by atoms with Gasteiger partial charge in [0.2, 0.25) is 5.91 Å². The molecule has 0 bridgehead atoms. The van der Waals surface area contributed by atoms with Crippen molar-refractivity contribution < 1.29 is 28.9 Å². The van der Waals surface area contributed by atoms with Crippen LogP contribution in [0.15, 0.2) is 36.4 Å². The molecular weight excluding hydrogens is 350 g/mol. The molecule has 1 heterocycles. The van der Waals surface area contributed by atoms with Gasteiger partial charge in [-0.25, -0.2) is 4.79 Å². The van der Waals surface area contributed by atoms with Crippen molar-refractivity contribution >= 4 is 11.9 Å². The van der Waals surface area contributed by atoms with Crippen LogP contribution in [0.3, 0.4) is 0 Å². The highest BCUT2D eigenvalue weighted by atomic mass is 16.6. The number of ether oxygens (including phenoxy) is 3. The van der Waals surface area contributed by atoms with E-state index in [0.29, 0.717) is 30.3 Å². The highest BCUT2D eigenvalue weighted by molar-refractivity contribution is 5.91. The van der Waals surface area contributed by atoms with Gasteiger partial charge < -0.3 is 24.6 Å². The number of carboxylic acids is 1. The lowest BCUT2D eigenvalue weighted by atomic mass is 9.99. The fourth-order valence-corrected chi connectivity index (χ4v) is 2.86. The van der Waals surface area contributed by atoms with E-state index in [0.717, 1.165) is 5.56 Å². The molecule has 3 rings (SSSR count). The zero-order valence-corrected chi connectivity index (χ0v) is 15.2. The number of hydrogen-bond acceptors (Lipinski definition) is 5. The van der Waals surface area contributed by atoms with Crippen molar-refractivity contribution in [2.45, 2.75) is 19.4 Å². The monoisotopic (exact) mass is 371 g/mol. The summed E-state index contributed by atoms with van der Waals surface area (Å²) >= 11 is 0. The summed E-state index contributed by atoms with van der Waals surface area (Å²) in [5, 5.41) is 12.1. The Morgan fingerprint density at radius 1 is 1.15 bits per heavy atom. The minimum Gasteiger partial charge on any atom is -0.496 e. The van der Waals surface area contributed by atoms with Crippen molar-refractivity contribution in [3.8, 4) is 17.2 Å². The lowest BCUT2D eigenvalue weighted by Gasteiger charge is -2.20. The minimum absolute atomic E-state index is 0.0594. The van der Waals surface area contributed by atoms with E-state index >= 15 is 0 Å². The van der Waals surface area contributed by atoms with Crippen LogP contribution in [0, 0.1) is 0 Å². The van der Waals surface area contributed by atoms with Crippen molar-refractivity contribution in [2.75, 3.05) is 20.3 Å². The van der Waals surface area contributed by atoms with Crippen LogP contribution in [0.25, 0.3) is 0 Å². The summed E-state index contributed by atoms with van der Waals surface area (Å²) in [5.41, 5.74) is 1.55. The van der Waals surface area contributed by atoms with Crippen LogP contribution >= 0.6 is 0 Å². The van der Waals surface area contributed by atoms with Crippen LogP contribution in [-0.2, 0) is 11.3 Å². The first-order valence-corrected chi connectivity index (χ1v) is 8.57. The summed E-state index contributed by atoms with van der Waals surface area (Å²) in [6.45, 7) is 3.03. The van der Waals surface area contributed by atoms with Crippen molar-refractivity contribution in [2.24, 2.45) is 0 Å². The molecule has 142 valence electrons. The predicted molar refractivity (Wildman–Crippen MR) is 97.6 cm³/mol. The molecule has 7 heteroatoms. The molecule has 1 aliphatic heterocycles. The van der Waals surface area contributed by atoms with E-state index in [1.807, 2.05) is 12.1 Å². The normalized spacial score (nSPS) is 13.6. The molecule has 0 aromatic heterocycles. The molecule has 1 amide bonds.